The van der Waals surface area contributed by atoms with Gasteiger partial charge < -0.3 is 10.2 Å². The second-order valence-corrected chi connectivity index (χ2v) is 5.60. The molecular weight excluding hydrogens is 240 g/mol. The van der Waals surface area contributed by atoms with Crippen LogP contribution in [0.3, 0.4) is 0 Å². The summed E-state index contributed by atoms with van der Waals surface area (Å²) >= 11 is 5.55. The maximum atomic E-state index is 5.55. The predicted octanol–water partition coefficient (Wildman–Crippen LogP) is 3.87. The first-order chi connectivity index (χ1) is 8.59. The van der Waals surface area contributed by atoms with Gasteiger partial charge in [-0.05, 0) is 69.4 Å². The van der Waals surface area contributed by atoms with Gasteiger partial charge in [0.25, 0.3) is 0 Å². The van der Waals surface area contributed by atoms with Crippen LogP contribution in [0.2, 0.25) is 0 Å². The number of hydrogen-bond acceptors (Lipinski definition) is 1. The number of aryl methyl sites for hydroxylation is 1. The minimum absolute atomic E-state index is 0.559. The Bertz CT molecular complexity index is 442. The lowest BCUT2D eigenvalue weighted by Gasteiger charge is -2.35. The van der Waals surface area contributed by atoms with Crippen LogP contribution in [0.15, 0.2) is 18.2 Å². The lowest BCUT2D eigenvalue weighted by molar-refractivity contribution is 0.262. The second kappa shape index (κ2) is 5.70. The minimum Gasteiger partial charge on any atom is -0.346 e. The smallest absolute Gasteiger partial charge is 0.173 e. The first kappa shape index (κ1) is 13.3. The average Bonchev–Trinajstić information content (AvgIpc) is 2.35. The van der Waals surface area contributed by atoms with Crippen molar-refractivity contribution in [3.8, 4) is 0 Å². The van der Waals surface area contributed by atoms with Gasteiger partial charge >= 0.3 is 0 Å². The van der Waals surface area contributed by atoms with Gasteiger partial charge in [-0.2, -0.15) is 0 Å². The summed E-state index contributed by atoms with van der Waals surface area (Å²) in [5.74, 6) is 0. The van der Waals surface area contributed by atoms with Crippen LogP contribution in [0.4, 0.5) is 5.69 Å². The molecule has 98 valence electrons. The van der Waals surface area contributed by atoms with Crippen LogP contribution in [-0.2, 0) is 0 Å². The standard InChI is InChI=1S/C15H22N2S/c1-11-7-6-9-14(13(11)3)16-15(18)17-10-5-4-8-12(17)2/h6-7,9,12H,4-5,8,10H2,1-3H3,(H,16,18). The topological polar surface area (TPSA) is 15.3 Å². The van der Waals surface area contributed by atoms with E-state index in [4.69, 9.17) is 12.2 Å². The molecule has 2 rings (SSSR count). The van der Waals surface area contributed by atoms with Crippen LogP contribution in [0.5, 0.6) is 0 Å². The number of nitrogens with zero attached hydrogens (tertiary/aromatic N) is 1. The molecule has 1 unspecified atom stereocenters. The fraction of sp³-hybridized carbons (Fsp3) is 0.533. The molecule has 1 heterocycles. The summed E-state index contributed by atoms with van der Waals surface area (Å²) < 4.78 is 0. The van der Waals surface area contributed by atoms with Crippen LogP contribution >= 0.6 is 12.2 Å². The molecule has 0 saturated carbocycles. The minimum atomic E-state index is 0.559. The van der Waals surface area contributed by atoms with E-state index in [-0.39, 0.29) is 0 Å². The van der Waals surface area contributed by atoms with Gasteiger partial charge in [0.15, 0.2) is 5.11 Å². The first-order valence-corrected chi connectivity index (χ1v) is 7.14. The molecule has 1 saturated heterocycles. The van der Waals surface area contributed by atoms with Crippen LogP contribution in [0.25, 0.3) is 0 Å². The van der Waals surface area contributed by atoms with E-state index in [1.54, 1.807) is 0 Å². The number of anilines is 1. The maximum absolute atomic E-state index is 5.55. The molecule has 1 fully saturated rings. The zero-order chi connectivity index (χ0) is 13.1. The highest BCUT2D eigenvalue weighted by Crippen LogP contribution is 2.21. The van der Waals surface area contributed by atoms with Crippen molar-refractivity contribution in [1.29, 1.82) is 0 Å². The highest BCUT2D eigenvalue weighted by Gasteiger charge is 2.20. The Morgan fingerprint density at radius 3 is 2.83 bits per heavy atom. The van der Waals surface area contributed by atoms with Gasteiger partial charge in [-0.1, -0.05) is 12.1 Å². The van der Waals surface area contributed by atoms with Gasteiger partial charge in [-0.15, -0.1) is 0 Å². The molecule has 0 aromatic heterocycles. The molecule has 0 amide bonds. The molecule has 0 bridgehead atoms. The Hall–Kier alpha value is -1.09. The molecule has 18 heavy (non-hydrogen) atoms. The van der Waals surface area contributed by atoms with Crippen molar-refractivity contribution in [3.05, 3.63) is 29.3 Å². The Morgan fingerprint density at radius 2 is 2.11 bits per heavy atom. The van der Waals surface area contributed by atoms with Gasteiger partial charge in [-0.25, -0.2) is 0 Å². The number of likely N-dealkylation sites (tertiary alicyclic amines) is 1. The summed E-state index contributed by atoms with van der Waals surface area (Å²) in [5, 5.41) is 4.28. The van der Waals surface area contributed by atoms with Gasteiger partial charge in [0.1, 0.15) is 0 Å². The lowest BCUT2D eigenvalue weighted by Crippen LogP contribution is -2.44. The first-order valence-electron chi connectivity index (χ1n) is 6.73. The predicted molar refractivity (Wildman–Crippen MR) is 82.2 cm³/mol. The van der Waals surface area contributed by atoms with Crippen molar-refractivity contribution in [2.75, 3.05) is 11.9 Å². The third-order valence-corrected chi connectivity index (χ3v) is 4.25. The quantitative estimate of drug-likeness (QED) is 0.773. The maximum Gasteiger partial charge on any atom is 0.173 e. The molecule has 2 nitrogen and oxygen atoms in total. The van der Waals surface area contributed by atoms with Gasteiger partial charge in [0.2, 0.25) is 0 Å². The van der Waals surface area contributed by atoms with E-state index in [9.17, 15) is 0 Å². The van der Waals surface area contributed by atoms with Crippen molar-refractivity contribution < 1.29 is 0 Å². The highest BCUT2D eigenvalue weighted by molar-refractivity contribution is 7.80. The molecule has 0 spiro atoms. The molecule has 3 heteroatoms. The van der Waals surface area contributed by atoms with Gasteiger partial charge in [0.05, 0.1) is 0 Å². The van der Waals surface area contributed by atoms with E-state index in [0.29, 0.717) is 6.04 Å². The molecule has 1 aromatic carbocycles. The monoisotopic (exact) mass is 262 g/mol. The second-order valence-electron chi connectivity index (χ2n) is 5.22. The summed E-state index contributed by atoms with van der Waals surface area (Å²) in [6, 6.07) is 6.87. The SMILES string of the molecule is Cc1cccc(NC(=S)N2CCCCC2C)c1C. The number of piperidine rings is 1. The van der Waals surface area contributed by atoms with Crippen molar-refractivity contribution in [1.82, 2.24) is 4.90 Å². The number of rotatable bonds is 1. The molecule has 1 aromatic rings. The van der Waals surface area contributed by atoms with Crippen LogP contribution in [0.1, 0.15) is 37.3 Å². The zero-order valence-electron chi connectivity index (χ0n) is 11.5. The van der Waals surface area contributed by atoms with Crippen molar-refractivity contribution in [2.45, 2.75) is 46.1 Å². The summed E-state index contributed by atoms with van der Waals surface area (Å²) in [5.41, 5.74) is 3.72. The summed E-state index contributed by atoms with van der Waals surface area (Å²) in [7, 11) is 0. The number of hydrogen-bond donors (Lipinski definition) is 1. The van der Waals surface area contributed by atoms with Gasteiger partial charge in [0, 0.05) is 18.3 Å². The summed E-state index contributed by atoms with van der Waals surface area (Å²) in [4.78, 5) is 2.32. The van der Waals surface area contributed by atoms with E-state index in [0.717, 1.165) is 17.3 Å². The van der Waals surface area contributed by atoms with Crippen molar-refractivity contribution in [2.24, 2.45) is 0 Å². The van der Waals surface area contributed by atoms with E-state index < -0.39 is 0 Å². The largest absolute Gasteiger partial charge is 0.346 e. The van der Waals surface area contributed by atoms with Gasteiger partial charge in [-0.3, -0.25) is 0 Å². The Balaban J connectivity index is 2.09. The molecular formula is C15H22N2S. The summed E-state index contributed by atoms with van der Waals surface area (Å²) in [6.07, 6.45) is 3.82. The van der Waals surface area contributed by atoms with E-state index in [2.05, 4.69) is 49.2 Å². The van der Waals surface area contributed by atoms with Crippen molar-refractivity contribution in [3.63, 3.8) is 0 Å². The third kappa shape index (κ3) is 2.83. The Labute approximate surface area is 115 Å². The Morgan fingerprint density at radius 1 is 1.33 bits per heavy atom. The average molecular weight is 262 g/mol. The zero-order valence-corrected chi connectivity index (χ0v) is 12.3. The number of benzene rings is 1. The number of nitrogens with one attached hydrogen (secondary N) is 1. The normalized spacial score (nSPS) is 19.7. The highest BCUT2D eigenvalue weighted by atomic mass is 32.1. The molecule has 0 radical (unpaired) electrons. The molecule has 0 aliphatic carbocycles. The van der Waals surface area contributed by atoms with E-state index in [1.807, 2.05) is 0 Å². The molecule has 1 N–H and O–H groups in total. The van der Waals surface area contributed by atoms with Crippen LogP contribution in [-0.4, -0.2) is 22.6 Å². The fourth-order valence-corrected chi connectivity index (χ4v) is 2.85. The van der Waals surface area contributed by atoms with Crippen LogP contribution in [0, 0.1) is 13.8 Å². The van der Waals surface area contributed by atoms with E-state index in [1.165, 1.54) is 30.4 Å². The van der Waals surface area contributed by atoms with E-state index >= 15 is 0 Å². The molecule has 1 aliphatic rings. The summed E-state index contributed by atoms with van der Waals surface area (Å²) in [6.45, 7) is 7.61. The molecule has 1 aliphatic heterocycles. The van der Waals surface area contributed by atoms with Crippen molar-refractivity contribution >= 4 is 23.0 Å². The third-order valence-electron chi connectivity index (χ3n) is 3.91. The van der Waals surface area contributed by atoms with Crippen LogP contribution < -0.4 is 5.32 Å². The number of thiocarbonyl (C=S) groups is 1. The Kier molecular flexibility index (Phi) is 4.23. The lowest BCUT2D eigenvalue weighted by atomic mass is 10.0. The fourth-order valence-electron chi connectivity index (χ4n) is 2.47. The molecule has 1 atom stereocenters.